The Labute approximate surface area is 175 Å². The molecule has 2 aliphatic heterocycles. The molecule has 8 nitrogen and oxygen atoms in total. The van der Waals surface area contributed by atoms with Crippen molar-refractivity contribution in [1.29, 1.82) is 5.26 Å². The molecular weight excluding hydrogens is 384 g/mol. The van der Waals surface area contributed by atoms with E-state index in [-0.39, 0.29) is 36.1 Å². The molecular formula is C22H24N4O4. The molecule has 0 radical (unpaired) electrons. The maximum atomic E-state index is 12.9. The summed E-state index contributed by atoms with van der Waals surface area (Å²) in [4.78, 5) is 55.1. The van der Waals surface area contributed by atoms with Crippen LogP contribution in [0, 0.1) is 11.3 Å². The number of rotatable bonds is 3. The van der Waals surface area contributed by atoms with Gasteiger partial charge in [0.15, 0.2) is 0 Å². The van der Waals surface area contributed by atoms with Gasteiger partial charge in [0.25, 0.3) is 17.7 Å². The summed E-state index contributed by atoms with van der Waals surface area (Å²) in [5.41, 5.74) is 1.05. The third-order valence-electron chi connectivity index (χ3n) is 6.25. The number of piperazine rings is 1. The van der Waals surface area contributed by atoms with Gasteiger partial charge in [-0.2, -0.15) is 5.26 Å². The molecule has 156 valence electrons. The lowest BCUT2D eigenvalue weighted by molar-refractivity contribution is -0.131. The minimum Gasteiger partial charge on any atom is -0.338 e. The summed E-state index contributed by atoms with van der Waals surface area (Å²) in [5.74, 6) is -1.01. The van der Waals surface area contributed by atoms with E-state index in [1.807, 2.05) is 6.07 Å². The van der Waals surface area contributed by atoms with Gasteiger partial charge in [-0.15, -0.1) is 0 Å². The number of fused-ring (bicyclic) bond motifs is 1. The number of nitriles is 1. The number of nitrogens with zero attached hydrogens (tertiary/aromatic N) is 4. The van der Waals surface area contributed by atoms with Gasteiger partial charge < -0.3 is 9.80 Å². The fraction of sp³-hybridized carbons (Fsp3) is 0.500. The first-order chi connectivity index (χ1) is 14.5. The van der Waals surface area contributed by atoms with Gasteiger partial charge in [0.1, 0.15) is 6.42 Å². The molecule has 0 spiro atoms. The molecule has 0 unspecified atom stereocenters. The summed E-state index contributed by atoms with van der Waals surface area (Å²) >= 11 is 0. The molecule has 4 rings (SSSR count). The number of carbonyl (C=O) groups excluding carboxylic acids is 4. The fourth-order valence-electron chi connectivity index (χ4n) is 4.58. The smallest absolute Gasteiger partial charge is 0.261 e. The maximum absolute atomic E-state index is 12.9. The van der Waals surface area contributed by atoms with Crippen molar-refractivity contribution in [3.63, 3.8) is 0 Å². The van der Waals surface area contributed by atoms with E-state index >= 15 is 0 Å². The molecule has 0 aromatic heterocycles. The van der Waals surface area contributed by atoms with E-state index in [1.54, 1.807) is 21.9 Å². The predicted octanol–water partition coefficient (Wildman–Crippen LogP) is 1.81. The van der Waals surface area contributed by atoms with Gasteiger partial charge in [-0.05, 0) is 31.0 Å². The Kier molecular flexibility index (Phi) is 5.53. The standard InChI is InChI=1S/C22H24N4O4/c23-9-8-19(27)24-10-12-25(13-11-24)20(28)15-6-7-17-18(14-15)22(30)26(21(17)29)16-4-2-1-3-5-16/h6-7,14,16H,1-5,8,10-13H2. The van der Waals surface area contributed by atoms with Gasteiger partial charge in [0, 0.05) is 37.8 Å². The van der Waals surface area contributed by atoms with Crippen molar-refractivity contribution < 1.29 is 19.2 Å². The molecule has 4 amide bonds. The first kappa shape index (κ1) is 20.1. The lowest BCUT2D eigenvalue weighted by atomic mass is 9.94. The van der Waals surface area contributed by atoms with E-state index in [9.17, 15) is 19.2 Å². The molecule has 2 fully saturated rings. The van der Waals surface area contributed by atoms with Gasteiger partial charge in [0.05, 0.1) is 17.2 Å². The number of hydrogen-bond acceptors (Lipinski definition) is 5. The van der Waals surface area contributed by atoms with E-state index < -0.39 is 0 Å². The summed E-state index contributed by atoms with van der Waals surface area (Å²) in [6, 6.07) is 6.51. The molecule has 1 aromatic rings. The zero-order valence-electron chi connectivity index (χ0n) is 16.8. The first-order valence-corrected chi connectivity index (χ1v) is 10.5. The van der Waals surface area contributed by atoms with Crippen LogP contribution in [0.25, 0.3) is 0 Å². The van der Waals surface area contributed by atoms with Crippen molar-refractivity contribution in [3.05, 3.63) is 34.9 Å². The van der Waals surface area contributed by atoms with E-state index in [2.05, 4.69) is 0 Å². The first-order valence-electron chi connectivity index (χ1n) is 10.5. The molecule has 1 aliphatic carbocycles. The summed E-state index contributed by atoms with van der Waals surface area (Å²) in [6.45, 7) is 1.50. The Morgan fingerprint density at radius 3 is 2.23 bits per heavy atom. The normalized spacial score (nSPS) is 19.6. The van der Waals surface area contributed by atoms with E-state index in [4.69, 9.17) is 5.26 Å². The van der Waals surface area contributed by atoms with Crippen LogP contribution in [0.2, 0.25) is 0 Å². The second-order valence-electron chi connectivity index (χ2n) is 8.04. The van der Waals surface area contributed by atoms with Crippen LogP contribution in [0.1, 0.15) is 69.6 Å². The van der Waals surface area contributed by atoms with Gasteiger partial charge in [-0.3, -0.25) is 24.1 Å². The number of carbonyl (C=O) groups is 4. The topological polar surface area (TPSA) is 102 Å². The van der Waals surface area contributed by atoms with Crippen LogP contribution in [0.4, 0.5) is 0 Å². The number of hydrogen-bond donors (Lipinski definition) is 0. The Balaban J connectivity index is 1.47. The molecule has 8 heteroatoms. The third kappa shape index (κ3) is 3.56. The molecule has 0 bridgehead atoms. The Hall–Kier alpha value is -3.21. The minimum absolute atomic E-state index is 0.0515. The van der Waals surface area contributed by atoms with Crippen molar-refractivity contribution >= 4 is 23.6 Å². The minimum atomic E-state index is -0.302. The molecule has 30 heavy (non-hydrogen) atoms. The van der Waals surface area contributed by atoms with Gasteiger partial charge in [-0.1, -0.05) is 19.3 Å². The fourth-order valence-corrected chi connectivity index (χ4v) is 4.58. The SMILES string of the molecule is N#CCC(=O)N1CCN(C(=O)c2ccc3c(c2)C(=O)N(C2CCCCC2)C3=O)CC1. The monoisotopic (exact) mass is 408 g/mol. The van der Waals surface area contributed by atoms with Crippen molar-refractivity contribution in [1.82, 2.24) is 14.7 Å². The van der Waals surface area contributed by atoms with Crippen LogP contribution < -0.4 is 0 Å². The van der Waals surface area contributed by atoms with Crippen molar-refractivity contribution in [2.75, 3.05) is 26.2 Å². The largest absolute Gasteiger partial charge is 0.338 e. The van der Waals surface area contributed by atoms with E-state index in [1.165, 1.54) is 11.0 Å². The number of benzene rings is 1. The van der Waals surface area contributed by atoms with Crippen LogP contribution in [0.5, 0.6) is 0 Å². The van der Waals surface area contributed by atoms with Crippen LogP contribution in [0.3, 0.4) is 0 Å². The van der Waals surface area contributed by atoms with Crippen molar-refractivity contribution in [2.45, 2.75) is 44.6 Å². The van der Waals surface area contributed by atoms with Gasteiger partial charge in [-0.25, -0.2) is 0 Å². The van der Waals surface area contributed by atoms with Crippen LogP contribution in [-0.2, 0) is 4.79 Å². The lowest BCUT2D eigenvalue weighted by Gasteiger charge is -2.34. The van der Waals surface area contributed by atoms with Crippen LogP contribution in [0.15, 0.2) is 18.2 Å². The zero-order chi connectivity index (χ0) is 21.3. The molecule has 1 aromatic carbocycles. The highest BCUT2D eigenvalue weighted by molar-refractivity contribution is 6.22. The molecule has 0 N–H and O–H groups in total. The third-order valence-corrected chi connectivity index (χ3v) is 6.25. The summed E-state index contributed by atoms with van der Waals surface area (Å²) < 4.78 is 0. The van der Waals surface area contributed by atoms with Crippen LogP contribution in [-0.4, -0.2) is 70.5 Å². The quantitative estimate of drug-likeness (QED) is 0.710. The Morgan fingerprint density at radius 1 is 0.933 bits per heavy atom. The number of imide groups is 1. The Morgan fingerprint density at radius 2 is 1.57 bits per heavy atom. The summed E-state index contributed by atoms with van der Waals surface area (Å²) in [6.07, 6.45) is 4.69. The molecule has 1 saturated carbocycles. The van der Waals surface area contributed by atoms with E-state index in [0.29, 0.717) is 42.9 Å². The second kappa shape index (κ2) is 8.27. The predicted molar refractivity (Wildman–Crippen MR) is 107 cm³/mol. The van der Waals surface area contributed by atoms with Gasteiger partial charge >= 0.3 is 0 Å². The maximum Gasteiger partial charge on any atom is 0.261 e. The number of amides is 4. The lowest BCUT2D eigenvalue weighted by Crippen LogP contribution is -2.50. The molecule has 2 heterocycles. The summed E-state index contributed by atoms with van der Waals surface area (Å²) in [7, 11) is 0. The zero-order valence-corrected chi connectivity index (χ0v) is 16.8. The second-order valence-corrected chi connectivity index (χ2v) is 8.04. The highest BCUT2D eigenvalue weighted by atomic mass is 16.2. The summed E-state index contributed by atoms with van der Waals surface area (Å²) in [5, 5.41) is 8.66. The Bertz CT molecular complexity index is 937. The molecule has 1 saturated heterocycles. The van der Waals surface area contributed by atoms with Crippen molar-refractivity contribution in [3.8, 4) is 6.07 Å². The molecule has 3 aliphatic rings. The highest BCUT2D eigenvalue weighted by Crippen LogP contribution is 2.31. The van der Waals surface area contributed by atoms with Gasteiger partial charge in [0.2, 0.25) is 5.91 Å². The molecule has 0 atom stereocenters. The van der Waals surface area contributed by atoms with Crippen molar-refractivity contribution in [2.24, 2.45) is 0 Å². The van der Waals surface area contributed by atoms with Crippen LogP contribution >= 0.6 is 0 Å². The average Bonchev–Trinajstić information content (AvgIpc) is 3.03. The van der Waals surface area contributed by atoms with E-state index in [0.717, 1.165) is 32.1 Å². The highest BCUT2D eigenvalue weighted by Gasteiger charge is 2.40. The average molecular weight is 408 g/mol.